The summed E-state index contributed by atoms with van der Waals surface area (Å²) >= 11 is 0. The van der Waals surface area contributed by atoms with Crippen LogP contribution in [-0.2, 0) is 6.42 Å². The Labute approximate surface area is 76.5 Å². The van der Waals surface area contributed by atoms with E-state index in [0.29, 0.717) is 6.54 Å². The van der Waals surface area contributed by atoms with Crippen molar-refractivity contribution in [3.8, 4) is 0 Å². The van der Waals surface area contributed by atoms with E-state index in [1.165, 1.54) is 5.56 Å². The fourth-order valence-corrected chi connectivity index (χ4v) is 1.60. The zero-order valence-corrected chi connectivity index (χ0v) is 7.58. The van der Waals surface area contributed by atoms with Gasteiger partial charge >= 0.3 is 0 Å². The van der Waals surface area contributed by atoms with Crippen LogP contribution in [0.1, 0.15) is 11.3 Å². The average Bonchev–Trinajstić information content (AvgIpc) is 2.50. The Morgan fingerprint density at radius 3 is 3.08 bits per heavy atom. The molecule has 1 aromatic heterocycles. The third-order valence-corrected chi connectivity index (χ3v) is 2.18. The second kappa shape index (κ2) is 3.18. The number of aromatic nitrogens is 1. The lowest BCUT2D eigenvalue weighted by Gasteiger charge is -1.99. The quantitative estimate of drug-likeness (QED) is 0.756. The first-order valence-electron chi connectivity index (χ1n) is 4.37. The molecule has 0 atom stereocenters. The second-order valence-corrected chi connectivity index (χ2v) is 3.09. The van der Waals surface area contributed by atoms with Crippen molar-refractivity contribution in [2.45, 2.75) is 13.3 Å². The molecule has 0 fully saturated rings. The maximum absolute atomic E-state index is 5.52. The van der Waals surface area contributed by atoms with Crippen LogP contribution in [0.5, 0.6) is 0 Å². The summed E-state index contributed by atoms with van der Waals surface area (Å²) in [5.74, 6) is 0.874. The van der Waals surface area contributed by atoms with Gasteiger partial charge in [-0.2, -0.15) is 0 Å². The first kappa shape index (κ1) is 8.26. The molecule has 0 aliphatic rings. The van der Waals surface area contributed by atoms with Gasteiger partial charge in [0.1, 0.15) is 11.3 Å². The van der Waals surface area contributed by atoms with E-state index in [1.807, 2.05) is 19.1 Å². The molecule has 2 aromatic rings. The van der Waals surface area contributed by atoms with Gasteiger partial charge in [0.15, 0.2) is 0 Å². The third-order valence-electron chi connectivity index (χ3n) is 2.18. The van der Waals surface area contributed by atoms with Crippen molar-refractivity contribution in [1.29, 1.82) is 0 Å². The van der Waals surface area contributed by atoms with E-state index in [9.17, 15) is 0 Å². The highest BCUT2D eigenvalue weighted by Gasteiger charge is 2.07. The topological polar surface area (TPSA) is 52.0 Å². The van der Waals surface area contributed by atoms with Crippen molar-refractivity contribution in [2.24, 2.45) is 5.73 Å². The standard InChI is InChI=1S/C10H12N2O/c1-7-10-8(5-6-11)3-2-4-9(10)12-13-7/h2-4H,5-6,11H2,1H3. The minimum atomic E-state index is 0.656. The molecule has 0 radical (unpaired) electrons. The zero-order valence-electron chi connectivity index (χ0n) is 7.58. The summed E-state index contributed by atoms with van der Waals surface area (Å²) < 4.78 is 5.11. The van der Waals surface area contributed by atoms with E-state index in [0.717, 1.165) is 23.1 Å². The number of fused-ring (bicyclic) bond motifs is 1. The van der Waals surface area contributed by atoms with E-state index in [4.69, 9.17) is 10.3 Å². The Balaban J connectivity index is 2.65. The van der Waals surface area contributed by atoms with Gasteiger partial charge in [0, 0.05) is 5.39 Å². The van der Waals surface area contributed by atoms with Crippen LogP contribution < -0.4 is 5.73 Å². The highest BCUT2D eigenvalue weighted by atomic mass is 16.5. The molecule has 1 aromatic carbocycles. The van der Waals surface area contributed by atoms with Gasteiger partial charge in [0.05, 0.1) is 0 Å². The van der Waals surface area contributed by atoms with Crippen molar-refractivity contribution in [1.82, 2.24) is 5.16 Å². The highest BCUT2D eigenvalue weighted by Crippen LogP contribution is 2.21. The third kappa shape index (κ3) is 1.31. The lowest BCUT2D eigenvalue weighted by atomic mass is 10.1. The van der Waals surface area contributed by atoms with Gasteiger partial charge in [0.25, 0.3) is 0 Å². The predicted molar refractivity (Wildman–Crippen MR) is 51.5 cm³/mol. The Morgan fingerprint density at radius 2 is 2.31 bits per heavy atom. The minimum absolute atomic E-state index is 0.656. The molecule has 3 heteroatoms. The number of hydrogen-bond acceptors (Lipinski definition) is 3. The van der Waals surface area contributed by atoms with E-state index in [-0.39, 0.29) is 0 Å². The number of rotatable bonds is 2. The molecule has 1 heterocycles. The Bertz CT molecular complexity index is 420. The fourth-order valence-electron chi connectivity index (χ4n) is 1.60. The molecule has 0 unspecified atom stereocenters. The van der Waals surface area contributed by atoms with Gasteiger partial charge in [-0.1, -0.05) is 17.3 Å². The van der Waals surface area contributed by atoms with Crippen molar-refractivity contribution in [3.63, 3.8) is 0 Å². The van der Waals surface area contributed by atoms with Crippen molar-refractivity contribution < 1.29 is 4.52 Å². The van der Waals surface area contributed by atoms with Gasteiger partial charge in [-0.15, -0.1) is 0 Å². The molecule has 0 amide bonds. The molecule has 0 saturated heterocycles. The summed E-state index contributed by atoms with van der Waals surface area (Å²) in [6.07, 6.45) is 0.874. The van der Waals surface area contributed by atoms with Gasteiger partial charge < -0.3 is 10.3 Å². The summed E-state index contributed by atoms with van der Waals surface area (Å²) in [5, 5.41) is 5.06. The monoisotopic (exact) mass is 176 g/mol. The smallest absolute Gasteiger partial charge is 0.141 e. The molecule has 3 nitrogen and oxygen atoms in total. The molecule has 68 valence electrons. The van der Waals surface area contributed by atoms with E-state index in [1.54, 1.807) is 0 Å². The van der Waals surface area contributed by atoms with Crippen LogP contribution in [0, 0.1) is 6.92 Å². The number of benzene rings is 1. The van der Waals surface area contributed by atoms with Crippen LogP contribution in [0.3, 0.4) is 0 Å². The van der Waals surface area contributed by atoms with Crippen LogP contribution in [0.4, 0.5) is 0 Å². The number of aryl methyl sites for hydroxylation is 1. The highest BCUT2D eigenvalue weighted by molar-refractivity contribution is 5.83. The van der Waals surface area contributed by atoms with E-state index >= 15 is 0 Å². The van der Waals surface area contributed by atoms with Crippen molar-refractivity contribution >= 4 is 10.9 Å². The first-order valence-corrected chi connectivity index (χ1v) is 4.37. The lowest BCUT2D eigenvalue weighted by molar-refractivity contribution is 0.405. The summed E-state index contributed by atoms with van der Waals surface area (Å²) in [5.41, 5.74) is 7.66. The second-order valence-electron chi connectivity index (χ2n) is 3.09. The van der Waals surface area contributed by atoms with Crippen molar-refractivity contribution in [3.05, 3.63) is 29.5 Å². The molecular weight excluding hydrogens is 164 g/mol. The maximum atomic E-state index is 5.52. The molecule has 13 heavy (non-hydrogen) atoms. The average molecular weight is 176 g/mol. The maximum Gasteiger partial charge on any atom is 0.141 e. The fraction of sp³-hybridized carbons (Fsp3) is 0.300. The summed E-state index contributed by atoms with van der Waals surface area (Å²) in [7, 11) is 0. The molecule has 2 rings (SSSR count). The van der Waals surface area contributed by atoms with Gasteiger partial charge in [0.2, 0.25) is 0 Å². The van der Waals surface area contributed by atoms with Crippen LogP contribution in [-0.4, -0.2) is 11.7 Å². The normalized spacial score (nSPS) is 10.9. The largest absolute Gasteiger partial charge is 0.360 e. The predicted octanol–water partition coefficient (Wildman–Crippen LogP) is 1.64. The molecule has 0 saturated carbocycles. The van der Waals surface area contributed by atoms with E-state index < -0.39 is 0 Å². The SMILES string of the molecule is Cc1onc2cccc(CCN)c12. The molecule has 0 aliphatic heterocycles. The minimum Gasteiger partial charge on any atom is -0.360 e. The van der Waals surface area contributed by atoms with Gasteiger partial charge in [-0.05, 0) is 31.5 Å². The lowest BCUT2D eigenvalue weighted by Crippen LogP contribution is -2.02. The molecule has 0 aliphatic carbocycles. The Kier molecular flexibility index (Phi) is 2.02. The molecule has 0 bridgehead atoms. The summed E-state index contributed by atoms with van der Waals surface area (Å²) in [4.78, 5) is 0. The Morgan fingerprint density at radius 1 is 1.46 bits per heavy atom. The Hall–Kier alpha value is -1.35. The van der Waals surface area contributed by atoms with Crippen LogP contribution in [0.2, 0.25) is 0 Å². The zero-order chi connectivity index (χ0) is 9.26. The molecular formula is C10H12N2O. The summed E-state index contributed by atoms with van der Waals surface area (Å²) in [6, 6.07) is 6.00. The number of nitrogens with two attached hydrogens (primary N) is 1. The molecule has 2 N–H and O–H groups in total. The van der Waals surface area contributed by atoms with Gasteiger partial charge in [-0.25, -0.2) is 0 Å². The van der Waals surface area contributed by atoms with Crippen LogP contribution in [0.15, 0.2) is 22.7 Å². The van der Waals surface area contributed by atoms with Crippen molar-refractivity contribution in [2.75, 3.05) is 6.54 Å². The summed E-state index contributed by atoms with van der Waals surface area (Å²) in [6.45, 7) is 2.58. The number of hydrogen-bond donors (Lipinski definition) is 1. The van der Waals surface area contributed by atoms with Gasteiger partial charge in [-0.3, -0.25) is 0 Å². The van der Waals surface area contributed by atoms with Crippen LogP contribution in [0.25, 0.3) is 10.9 Å². The first-order chi connectivity index (χ1) is 6.33. The number of nitrogens with zero attached hydrogens (tertiary/aromatic N) is 1. The van der Waals surface area contributed by atoms with Crippen LogP contribution >= 0.6 is 0 Å². The molecule has 0 spiro atoms. The van der Waals surface area contributed by atoms with E-state index in [2.05, 4.69) is 11.2 Å².